The summed E-state index contributed by atoms with van der Waals surface area (Å²) >= 11 is 0. The summed E-state index contributed by atoms with van der Waals surface area (Å²) in [5.41, 5.74) is 0.369. The molecule has 2 aromatic rings. The van der Waals surface area contributed by atoms with Gasteiger partial charge < -0.3 is 9.73 Å². The summed E-state index contributed by atoms with van der Waals surface area (Å²) in [5, 5.41) is 10.1. The summed E-state index contributed by atoms with van der Waals surface area (Å²) in [6, 6.07) is 5.95. The van der Waals surface area contributed by atoms with Crippen LogP contribution in [0.1, 0.15) is 41.4 Å². The molecule has 1 aromatic carbocycles. The standard InChI is InChI=1S/C16H20N4O4S/c1-12-18-19-15(24-12)11-17-16(21)13-5-7-14(8-6-13)25(22,23)20-9-3-2-4-10-20/h5-8H,2-4,9-11H2,1H3,(H,17,21). The summed E-state index contributed by atoms with van der Waals surface area (Å²) in [7, 11) is -3.49. The summed E-state index contributed by atoms with van der Waals surface area (Å²) in [6.45, 7) is 2.88. The van der Waals surface area contributed by atoms with Crippen LogP contribution in [0.4, 0.5) is 0 Å². The second-order valence-electron chi connectivity index (χ2n) is 5.89. The molecule has 0 aliphatic carbocycles. The molecule has 0 saturated carbocycles. The molecule has 0 atom stereocenters. The number of sulfonamides is 1. The number of nitrogens with zero attached hydrogens (tertiary/aromatic N) is 3. The lowest BCUT2D eigenvalue weighted by atomic mass is 10.2. The molecule has 1 saturated heterocycles. The minimum absolute atomic E-state index is 0.119. The Hall–Kier alpha value is -2.26. The Bertz CT molecular complexity index is 839. The Labute approximate surface area is 146 Å². The molecule has 8 nitrogen and oxygen atoms in total. The van der Waals surface area contributed by atoms with Crippen LogP contribution < -0.4 is 5.32 Å². The molecule has 1 aliphatic rings. The molecule has 9 heteroatoms. The maximum absolute atomic E-state index is 12.6. The molecule has 0 radical (unpaired) electrons. The van der Waals surface area contributed by atoms with Crippen molar-refractivity contribution in [3.05, 3.63) is 41.6 Å². The maximum Gasteiger partial charge on any atom is 0.251 e. The number of carbonyl (C=O) groups excluding carboxylic acids is 1. The van der Waals surface area contributed by atoms with E-state index >= 15 is 0 Å². The van der Waals surface area contributed by atoms with Crippen molar-refractivity contribution in [2.75, 3.05) is 13.1 Å². The van der Waals surface area contributed by atoms with E-state index in [4.69, 9.17) is 4.42 Å². The zero-order valence-electron chi connectivity index (χ0n) is 13.9. The zero-order valence-corrected chi connectivity index (χ0v) is 14.8. The van der Waals surface area contributed by atoms with E-state index in [9.17, 15) is 13.2 Å². The van der Waals surface area contributed by atoms with Gasteiger partial charge in [0.1, 0.15) is 0 Å². The molecule has 0 spiro atoms. The number of hydrogen-bond donors (Lipinski definition) is 1. The van der Waals surface area contributed by atoms with E-state index in [1.54, 1.807) is 6.92 Å². The molecule has 1 aliphatic heterocycles. The van der Waals surface area contributed by atoms with Gasteiger partial charge in [-0.15, -0.1) is 10.2 Å². The van der Waals surface area contributed by atoms with Crippen molar-refractivity contribution >= 4 is 15.9 Å². The Balaban J connectivity index is 1.65. The van der Waals surface area contributed by atoms with Gasteiger partial charge in [-0.05, 0) is 37.1 Å². The van der Waals surface area contributed by atoms with Crippen molar-refractivity contribution in [3.63, 3.8) is 0 Å². The Morgan fingerprint density at radius 3 is 2.44 bits per heavy atom. The molecular formula is C16H20N4O4S. The average Bonchev–Trinajstić information content (AvgIpc) is 3.06. The molecule has 25 heavy (non-hydrogen) atoms. The highest BCUT2D eigenvalue weighted by atomic mass is 32.2. The maximum atomic E-state index is 12.6. The fourth-order valence-electron chi connectivity index (χ4n) is 2.70. The van der Waals surface area contributed by atoms with Gasteiger partial charge in [0, 0.05) is 25.6 Å². The molecule has 0 unspecified atom stereocenters. The zero-order chi connectivity index (χ0) is 17.9. The lowest BCUT2D eigenvalue weighted by Gasteiger charge is -2.25. The van der Waals surface area contributed by atoms with Gasteiger partial charge >= 0.3 is 0 Å². The van der Waals surface area contributed by atoms with Crippen LogP contribution in [-0.2, 0) is 16.6 Å². The number of aromatic nitrogens is 2. The molecule has 3 rings (SSSR count). The number of hydrogen-bond acceptors (Lipinski definition) is 6. The third-order valence-corrected chi connectivity index (χ3v) is 5.95. The van der Waals surface area contributed by atoms with Gasteiger partial charge in [-0.3, -0.25) is 4.79 Å². The van der Waals surface area contributed by atoms with Crippen LogP contribution in [-0.4, -0.2) is 41.9 Å². The fourth-order valence-corrected chi connectivity index (χ4v) is 4.22. The van der Waals surface area contributed by atoms with Gasteiger partial charge in [0.25, 0.3) is 5.91 Å². The summed E-state index contributed by atoms with van der Waals surface area (Å²) < 4.78 is 31.8. The monoisotopic (exact) mass is 364 g/mol. The van der Waals surface area contributed by atoms with E-state index in [-0.39, 0.29) is 17.3 Å². The summed E-state index contributed by atoms with van der Waals surface area (Å²) in [4.78, 5) is 12.3. The van der Waals surface area contributed by atoms with Crippen LogP contribution in [0.3, 0.4) is 0 Å². The molecule has 1 N–H and O–H groups in total. The minimum Gasteiger partial charge on any atom is -0.424 e. The number of rotatable bonds is 5. The smallest absolute Gasteiger partial charge is 0.251 e. The van der Waals surface area contributed by atoms with E-state index in [1.807, 2.05) is 0 Å². The number of amides is 1. The largest absolute Gasteiger partial charge is 0.424 e. The molecule has 134 valence electrons. The van der Waals surface area contributed by atoms with E-state index in [0.717, 1.165) is 19.3 Å². The van der Waals surface area contributed by atoms with Gasteiger partial charge in [-0.2, -0.15) is 4.31 Å². The van der Waals surface area contributed by atoms with E-state index in [2.05, 4.69) is 15.5 Å². The van der Waals surface area contributed by atoms with Crippen LogP contribution in [0.5, 0.6) is 0 Å². The highest BCUT2D eigenvalue weighted by molar-refractivity contribution is 7.89. The second kappa shape index (κ2) is 7.32. The molecule has 1 amide bonds. The van der Waals surface area contributed by atoms with Gasteiger partial charge in [0.15, 0.2) is 0 Å². The van der Waals surface area contributed by atoms with Crippen LogP contribution in [0.25, 0.3) is 0 Å². The topological polar surface area (TPSA) is 105 Å². The average molecular weight is 364 g/mol. The lowest BCUT2D eigenvalue weighted by Crippen LogP contribution is -2.35. The quantitative estimate of drug-likeness (QED) is 0.861. The van der Waals surface area contributed by atoms with Gasteiger partial charge in [0.05, 0.1) is 11.4 Å². The van der Waals surface area contributed by atoms with Crippen LogP contribution in [0, 0.1) is 6.92 Å². The molecule has 1 fully saturated rings. The molecule has 0 bridgehead atoms. The van der Waals surface area contributed by atoms with Crippen LogP contribution >= 0.6 is 0 Å². The second-order valence-corrected chi connectivity index (χ2v) is 7.82. The first kappa shape index (κ1) is 17.6. The highest BCUT2D eigenvalue weighted by Gasteiger charge is 2.25. The number of nitrogens with one attached hydrogen (secondary N) is 1. The van der Waals surface area contributed by atoms with Gasteiger partial charge in [-0.25, -0.2) is 8.42 Å². The molecule has 1 aromatic heterocycles. The Morgan fingerprint density at radius 2 is 1.84 bits per heavy atom. The number of carbonyl (C=O) groups is 1. The Kier molecular flexibility index (Phi) is 5.14. The third-order valence-electron chi connectivity index (χ3n) is 4.04. The van der Waals surface area contributed by atoms with Crippen LogP contribution in [0.2, 0.25) is 0 Å². The van der Waals surface area contributed by atoms with Crippen molar-refractivity contribution in [1.82, 2.24) is 19.8 Å². The number of aryl methyl sites for hydroxylation is 1. The van der Waals surface area contributed by atoms with E-state index < -0.39 is 10.0 Å². The van der Waals surface area contributed by atoms with Gasteiger partial charge in [-0.1, -0.05) is 6.42 Å². The predicted molar refractivity (Wildman–Crippen MR) is 89.3 cm³/mol. The summed E-state index contributed by atoms with van der Waals surface area (Å²) in [5.74, 6) is 0.407. The first-order chi connectivity index (χ1) is 12.0. The first-order valence-electron chi connectivity index (χ1n) is 8.14. The van der Waals surface area contributed by atoms with Crippen molar-refractivity contribution in [2.24, 2.45) is 0 Å². The predicted octanol–water partition coefficient (Wildman–Crippen LogP) is 1.48. The fraction of sp³-hybridized carbons (Fsp3) is 0.438. The highest BCUT2D eigenvalue weighted by Crippen LogP contribution is 2.20. The van der Waals surface area contributed by atoms with Crippen molar-refractivity contribution < 1.29 is 17.6 Å². The molecular weight excluding hydrogens is 344 g/mol. The number of piperidine rings is 1. The van der Waals surface area contributed by atoms with Crippen molar-refractivity contribution in [1.29, 1.82) is 0 Å². The van der Waals surface area contributed by atoms with E-state index in [1.165, 1.54) is 28.6 Å². The van der Waals surface area contributed by atoms with Crippen molar-refractivity contribution in [2.45, 2.75) is 37.6 Å². The Morgan fingerprint density at radius 1 is 1.16 bits per heavy atom. The van der Waals surface area contributed by atoms with E-state index in [0.29, 0.717) is 30.4 Å². The first-order valence-corrected chi connectivity index (χ1v) is 9.58. The van der Waals surface area contributed by atoms with Gasteiger partial charge in [0.2, 0.25) is 21.8 Å². The molecule has 2 heterocycles. The minimum atomic E-state index is -3.49. The third kappa shape index (κ3) is 4.05. The van der Waals surface area contributed by atoms with Crippen molar-refractivity contribution in [3.8, 4) is 0 Å². The number of benzene rings is 1. The van der Waals surface area contributed by atoms with Crippen LogP contribution in [0.15, 0.2) is 33.6 Å². The SMILES string of the molecule is Cc1nnc(CNC(=O)c2ccc(S(=O)(=O)N3CCCCC3)cc2)o1. The summed E-state index contributed by atoms with van der Waals surface area (Å²) in [6.07, 6.45) is 2.83. The lowest BCUT2D eigenvalue weighted by molar-refractivity contribution is 0.0947. The normalized spacial score (nSPS) is 15.9.